The van der Waals surface area contributed by atoms with Gasteiger partial charge in [-0.25, -0.2) is 4.98 Å². The summed E-state index contributed by atoms with van der Waals surface area (Å²) >= 11 is 0. The normalized spacial score (nSPS) is 18.2. The van der Waals surface area contributed by atoms with Crippen molar-refractivity contribution in [2.24, 2.45) is 7.05 Å². The quantitative estimate of drug-likeness (QED) is 0.358. The van der Waals surface area contributed by atoms with E-state index in [1.165, 1.54) is 22.3 Å². The Labute approximate surface area is 224 Å². The number of benzene rings is 2. The van der Waals surface area contributed by atoms with E-state index < -0.39 is 0 Å². The molecule has 38 heavy (non-hydrogen) atoms. The fourth-order valence-electron chi connectivity index (χ4n) is 5.73. The fraction of sp³-hybridized carbons (Fsp3) is 0.344. The number of nitrogens with zero attached hydrogens (tertiary/aromatic N) is 5. The van der Waals surface area contributed by atoms with Gasteiger partial charge in [0.15, 0.2) is 0 Å². The number of anilines is 1. The van der Waals surface area contributed by atoms with Crippen LogP contribution in [-0.4, -0.2) is 39.6 Å². The van der Waals surface area contributed by atoms with Gasteiger partial charge in [-0.2, -0.15) is 5.26 Å². The molecule has 4 aromatic rings. The Kier molecular flexibility index (Phi) is 7.05. The average Bonchev–Trinajstić information content (AvgIpc) is 2.93. The Morgan fingerprint density at radius 3 is 2.13 bits per heavy atom. The lowest BCUT2D eigenvalue weighted by Gasteiger charge is -2.49. The van der Waals surface area contributed by atoms with E-state index >= 15 is 0 Å². The highest BCUT2D eigenvalue weighted by atomic mass is 16.1. The molecule has 0 bridgehead atoms. The largest absolute Gasteiger partial charge is 0.364 e. The van der Waals surface area contributed by atoms with Gasteiger partial charge in [0.2, 0.25) is 0 Å². The Bertz CT molecular complexity index is 1500. The monoisotopic (exact) mass is 505 g/mol. The molecule has 0 aliphatic carbocycles. The van der Waals surface area contributed by atoms with Crippen molar-refractivity contribution in [3.63, 3.8) is 0 Å². The summed E-state index contributed by atoms with van der Waals surface area (Å²) in [5, 5.41) is 9.51. The predicted octanol–water partition coefficient (Wildman–Crippen LogP) is 5.50. The Hall–Kier alpha value is -3.95. The van der Waals surface area contributed by atoms with Crippen molar-refractivity contribution in [1.82, 2.24) is 14.5 Å². The van der Waals surface area contributed by atoms with Crippen molar-refractivity contribution in [1.29, 1.82) is 5.26 Å². The first-order valence-electron chi connectivity index (χ1n) is 13.4. The predicted molar refractivity (Wildman–Crippen MR) is 153 cm³/mol. The molecule has 0 radical (unpaired) electrons. The highest BCUT2D eigenvalue weighted by Gasteiger charge is 2.37. The molecule has 194 valence electrons. The molecule has 0 spiro atoms. The summed E-state index contributed by atoms with van der Waals surface area (Å²) in [5.41, 5.74) is 7.64. The lowest BCUT2D eigenvalue weighted by Crippen LogP contribution is -2.58. The van der Waals surface area contributed by atoms with Crippen molar-refractivity contribution in [2.45, 2.75) is 52.2 Å². The molecule has 6 nitrogen and oxygen atoms in total. The van der Waals surface area contributed by atoms with Gasteiger partial charge in [-0.05, 0) is 50.5 Å². The van der Waals surface area contributed by atoms with Crippen molar-refractivity contribution >= 4 is 16.7 Å². The third kappa shape index (κ3) is 4.70. The summed E-state index contributed by atoms with van der Waals surface area (Å²) in [6.45, 7) is 10.3. The smallest absolute Gasteiger partial charge is 0.252 e. The van der Waals surface area contributed by atoms with Gasteiger partial charge >= 0.3 is 0 Å². The number of aromatic nitrogens is 2. The second kappa shape index (κ2) is 10.4. The van der Waals surface area contributed by atoms with Gasteiger partial charge in [-0.1, -0.05) is 66.6 Å². The van der Waals surface area contributed by atoms with E-state index in [-0.39, 0.29) is 23.7 Å². The molecule has 3 heterocycles. The molecule has 1 aliphatic rings. The van der Waals surface area contributed by atoms with E-state index in [1.54, 1.807) is 23.7 Å². The zero-order valence-corrected chi connectivity index (χ0v) is 22.8. The summed E-state index contributed by atoms with van der Waals surface area (Å²) in [5.74, 6) is 0. The molecule has 6 heteroatoms. The molecule has 0 amide bonds. The second-order valence-corrected chi connectivity index (χ2v) is 10.6. The third-order valence-corrected chi connectivity index (χ3v) is 7.97. The van der Waals surface area contributed by atoms with Gasteiger partial charge < -0.3 is 9.47 Å². The molecule has 0 N–H and O–H groups in total. The zero-order valence-electron chi connectivity index (χ0n) is 22.8. The fourth-order valence-corrected chi connectivity index (χ4v) is 5.73. The number of hydrogen-bond donors (Lipinski definition) is 0. The first-order chi connectivity index (χ1) is 18.3. The minimum atomic E-state index is -0.0684. The summed E-state index contributed by atoms with van der Waals surface area (Å²) in [4.78, 5) is 22.6. The number of pyridine rings is 2. The van der Waals surface area contributed by atoms with Gasteiger partial charge in [0.1, 0.15) is 17.3 Å². The molecular weight excluding hydrogens is 470 g/mol. The lowest BCUT2D eigenvalue weighted by molar-refractivity contribution is 0.124. The van der Waals surface area contributed by atoms with E-state index in [1.807, 2.05) is 6.07 Å². The molecule has 1 saturated heterocycles. The van der Waals surface area contributed by atoms with Gasteiger partial charge in [-0.3, -0.25) is 9.69 Å². The first kappa shape index (κ1) is 25.7. The second-order valence-electron chi connectivity index (χ2n) is 10.6. The van der Waals surface area contributed by atoms with Gasteiger partial charge in [-0.15, -0.1) is 0 Å². The number of fused-ring (bicyclic) bond motifs is 1. The molecule has 2 aromatic carbocycles. The van der Waals surface area contributed by atoms with Crippen molar-refractivity contribution in [3.05, 3.63) is 105 Å². The Morgan fingerprint density at radius 2 is 1.58 bits per heavy atom. The van der Waals surface area contributed by atoms with Crippen LogP contribution in [-0.2, 0) is 7.05 Å². The van der Waals surface area contributed by atoms with Crippen LogP contribution in [0.25, 0.3) is 11.0 Å². The molecule has 5 rings (SSSR count). The highest BCUT2D eigenvalue weighted by molar-refractivity contribution is 5.89. The SMILES string of the molecule is CC[C@H]1CN(C(c2ccc(C)cc2)c2ccc(C)cc2)[C@H](C)CN1c1cc(=O)n(C)c2ccc(C#N)nc12. The Balaban J connectivity index is 1.58. The number of rotatable bonds is 5. The van der Waals surface area contributed by atoms with Crippen LogP contribution in [0.2, 0.25) is 0 Å². The standard InChI is InChI=1S/C32H35N5O/c1-6-27-20-36(32(24-11-7-21(2)8-12-24)25-13-9-22(3)10-14-25)23(4)19-37(27)29-17-30(38)35(5)28-16-15-26(18-33)34-31(28)29/h7-17,23,27,32H,6,19-20H2,1-5H3/t23-,27+/m1/s1. The number of nitriles is 1. The van der Waals surface area contributed by atoms with Crippen molar-refractivity contribution < 1.29 is 0 Å². The summed E-state index contributed by atoms with van der Waals surface area (Å²) in [6.07, 6.45) is 0.923. The number of aryl methyl sites for hydroxylation is 3. The van der Waals surface area contributed by atoms with E-state index in [0.29, 0.717) is 11.2 Å². The van der Waals surface area contributed by atoms with Crippen molar-refractivity contribution in [3.8, 4) is 6.07 Å². The van der Waals surface area contributed by atoms with Crippen LogP contribution >= 0.6 is 0 Å². The molecule has 0 unspecified atom stereocenters. The molecule has 1 aliphatic heterocycles. The highest BCUT2D eigenvalue weighted by Crippen LogP contribution is 2.36. The van der Waals surface area contributed by atoms with Gasteiger partial charge in [0, 0.05) is 38.3 Å². The van der Waals surface area contributed by atoms with Gasteiger partial charge in [0.25, 0.3) is 5.56 Å². The van der Waals surface area contributed by atoms with Crippen LogP contribution in [0.5, 0.6) is 0 Å². The van der Waals surface area contributed by atoms with E-state index in [0.717, 1.165) is 30.7 Å². The van der Waals surface area contributed by atoms with Crippen LogP contribution in [0, 0.1) is 25.2 Å². The summed E-state index contributed by atoms with van der Waals surface area (Å²) in [7, 11) is 1.76. The average molecular weight is 506 g/mol. The minimum absolute atomic E-state index is 0.0684. The van der Waals surface area contributed by atoms with Crippen LogP contribution in [0.15, 0.2) is 71.5 Å². The van der Waals surface area contributed by atoms with E-state index in [4.69, 9.17) is 0 Å². The van der Waals surface area contributed by atoms with Crippen molar-refractivity contribution in [2.75, 3.05) is 18.0 Å². The minimum Gasteiger partial charge on any atom is -0.364 e. The summed E-state index contributed by atoms with van der Waals surface area (Å²) < 4.78 is 1.61. The van der Waals surface area contributed by atoms with Crippen LogP contribution in [0.3, 0.4) is 0 Å². The maximum Gasteiger partial charge on any atom is 0.252 e. The van der Waals surface area contributed by atoms with Crippen LogP contribution in [0.4, 0.5) is 5.69 Å². The zero-order chi connectivity index (χ0) is 27.0. The van der Waals surface area contributed by atoms with E-state index in [2.05, 4.69) is 97.1 Å². The lowest BCUT2D eigenvalue weighted by atomic mass is 9.92. The maximum atomic E-state index is 13.0. The molecular formula is C32H35N5O. The van der Waals surface area contributed by atoms with E-state index in [9.17, 15) is 10.1 Å². The number of piperazine rings is 1. The first-order valence-corrected chi connectivity index (χ1v) is 13.4. The topological polar surface area (TPSA) is 65.2 Å². The van der Waals surface area contributed by atoms with Gasteiger partial charge in [0.05, 0.1) is 17.2 Å². The van der Waals surface area contributed by atoms with Crippen LogP contribution in [0.1, 0.15) is 54.3 Å². The molecule has 2 aromatic heterocycles. The molecule has 2 atom stereocenters. The molecule has 1 fully saturated rings. The maximum absolute atomic E-state index is 13.0. The third-order valence-electron chi connectivity index (χ3n) is 7.97. The number of hydrogen-bond acceptors (Lipinski definition) is 5. The Morgan fingerprint density at radius 1 is 0.974 bits per heavy atom. The molecule has 0 saturated carbocycles. The summed E-state index contributed by atoms with van der Waals surface area (Å²) in [6, 6.07) is 25.7. The van der Waals surface area contributed by atoms with Crippen LogP contribution < -0.4 is 10.5 Å².